The van der Waals surface area contributed by atoms with Gasteiger partial charge in [0, 0.05) is 31.2 Å². The Bertz CT molecular complexity index is 496. The molecule has 0 spiro atoms. The lowest BCUT2D eigenvalue weighted by Gasteiger charge is -2.22. The minimum Gasteiger partial charge on any atom is -0.380 e. The lowest BCUT2D eigenvalue weighted by Crippen LogP contribution is -2.30. The fraction of sp³-hybridized carbons (Fsp3) is 0.400. The molecule has 0 saturated carbocycles. The second-order valence-corrected chi connectivity index (χ2v) is 4.73. The van der Waals surface area contributed by atoms with Gasteiger partial charge in [-0.3, -0.25) is 4.68 Å². The van der Waals surface area contributed by atoms with Gasteiger partial charge in [0.15, 0.2) is 0 Å². The van der Waals surface area contributed by atoms with Crippen LogP contribution in [0.1, 0.15) is 19.4 Å². The van der Waals surface area contributed by atoms with Crippen molar-refractivity contribution < 1.29 is 4.74 Å². The van der Waals surface area contributed by atoms with Crippen LogP contribution in [-0.4, -0.2) is 29.0 Å². The predicted octanol–water partition coefficient (Wildman–Crippen LogP) is 2.77. The van der Waals surface area contributed by atoms with Gasteiger partial charge in [0.1, 0.15) is 0 Å². The van der Waals surface area contributed by atoms with Crippen molar-refractivity contribution in [3.8, 4) is 0 Å². The molecule has 0 amide bonds. The summed E-state index contributed by atoms with van der Waals surface area (Å²) in [5.74, 6) is 0. The Hall–Kier alpha value is -1.81. The van der Waals surface area contributed by atoms with Crippen molar-refractivity contribution in [2.45, 2.75) is 32.5 Å². The Morgan fingerprint density at radius 3 is 2.74 bits per heavy atom. The van der Waals surface area contributed by atoms with Gasteiger partial charge >= 0.3 is 0 Å². The number of aromatic nitrogens is 2. The Labute approximate surface area is 114 Å². The molecule has 0 aliphatic heterocycles. The van der Waals surface area contributed by atoms with Gasteiger partial charge in [-0.2, -0.15) is 5.10 Å². The number of nitrogens with zero attached hydrogens (tertiary/aromatic N) is 2. The van der Waals surface area contributed by atoms with Gasteiger partial charge in [-0.15, -0.1) is 0 Å². The van der Waals surface area contributed by atoms with Gasteiger partial charge in [0.25, 0.3) is 0 Å². The van der Waals surface area contributed by atoms with E-state index in [9.17, 15) is 0 Å². The summed E-state index contributed by atoms with van der Waals surface area (Å²) >= 11 is 0. The monoisotopic (exact) mass is 259 g/mol. The number of para-hydroxylation sites is 1. The summed E-state index contributed by atoms with van der Waals surface area (Å²) in [6.07, 6.45) is 3.93. The molecule has 0 saturated heterocycles. The van der Waals surface area contributed by atoms with Crippen molar-refractivity contribution >= 4 is 5.69 Å². The summed E-state index contributed by atoms with van der Waals surface area (Å²) in [4.78, 5) is 0. The fourth-order valence-electron chi connectivity index (χ4n) is 1.93. The molecule has 1 N–H and O–H groups in total. The predicted molar refractivity (Wildman–Crippen MR) is 77.3 cm³/mol. The first-order chi connectivity index (χ1) is 9.20. The molecule has 2 rings (SSSR count). The summed E-state index contributed by atoms with van der Waals surface area (Å²) < 4.78 is 7.27. The zero-order valence-electron chi connectivity index (χ0n) is 11.7. The van der Waals surface area contributed by atoms with Gasteiger partial charge in [-0.1, -0.05) is 18.2 Å². The number of methoxy groups -OCH3 is 1. The lowest BCUT2D eigenvalue weighted by atomic mass is 10.1. The van der Waals surface area contributed by atoms with Crippen LogP contribution in [0.3, 0.4) is 0 Å². The average molecular weight is 259 g/mol. The summed E-state index contributed by atoms with van der Waals surface area (Å²) in [5, 5.41) is 7.75. The maximum atomic E-state index is 5.35. The maximum Gasteiger partial charge on any atom is 0.0741 e. The molecular weight excluding hydrogens is 238 g/mol. The molecule has 4 nitrogen and oxygen atoms in total. The summed E-state index contributed by atoms with van der Waals surface area (Å²) in [6, 6.07) is 10.5. The first kappa shape index (κ1) is 13.6. The average Bonchev–Trinajstić information content (AvgIpc) is 2.93. The van der Waals surface area contributed by atoms with Gasteiger partial charge in [0.2, 0.25) is 0 Å². The van der Waals surface area contributed by atoms with Crippen molar-refractivity contribution in [1.29, 1.82) is 0 Å². The molecule has 19 heavy (non-hydrogen) atoms. The molecular formula is C15H21N3O. The number of nitrogens with one attached hydrogen (secondary N) is 1. The van der Waals surface area contributed by atoms with Crippen molar-refractivity contribution in [1.82, 2.24) is 9.78 Å². The van der Waals surface area contributed by atoms with Gasteiger partial charge in [-0.05, 0) is 31.5 Å². The quantitative estimate of drug-likeness (QED) is 0.867. The first-order valence-corrected chi connectivity index (χ1v) is 6.55. The minimum atomic E-state index is 0.165. The normalized spacial score (nSPS) is 14.1. The number of rotatable bonds is 6. The van der Waals surface area contributed by atoms with Gasteiger partial charge in [0.05, 0.1) is 12.6 Å². The Morgan fingerprint density at radius 2 is 2.05 bits per heavy atom. The van der Waals surface area contributed by atoms with E-state index >= 15 is 0 Å². The molecule has 0 bridgehead atoms. The highest BCUT2D eigenvalue weighted by atomic mass is 16.5. The zero-order chi connectivity index (χ0) is 13.7. The van der Waals surface area contributed by atoms with E-state index < -0.39 is 0 Å². The van der Waals surface area contributed by atoms with Crippen LogP contribution < -0.4 is 5.32 Å². The van der Waals surface area contributed by atoms with Crippen LogP contribution in [0.2, 0.25) is 0 Å². The Morgan fingerprint density at radius 1 is 1.26 bits per heavy atom. The molecule has 0 aliphatic rings. The number of ether oxygens (including phenoxy) is 1. The molecule has 0 fully saturated rings. The van der Waals surface area contributed by atoms with E-state index in [0.29, 0.717) is 0 Å². The summed E-state index contributed by atoms with van der Waals surface area (Å²) in [7, 11) is 1.73. The second kappa shape index (κ2) is 6.38. The van der Waals surface area contributed by atoms with Crippen molar-refractivity contribution in [3.63, 3.8) is 0 Å². The molecule has 4 heteroatoms. The van der Waals surface area contributed by atoms with E-state index in [1.165, 1.54) is 5.56 Å². The van der Waals surface area contributed by atoms with E-state index in [1.54, 1.807) is 13.3 Å². The highest BCUT2D eigenvalue weighted by molar-refractivity contribution is 5.51. The maximum absolute atomic E-state index is 5.35. The van der Waals surface area contributed by atoms with Crippen LogP contribution in [-0.2, 0) is 11.3 Å². The van der Waals surface area contributed by atoms with E-state index in [2.05, 4.69) is 42.5 Å². The highest BCUT2D eigenvalue weighted by Crippen LogP contribution is 2.18. The summed E-state index contributed by atoms with van der Waals surface area (Å²) in [6.45, 7) is 4.96. The molecule has 1 heterocycles. The Kier molecular flexibility index (Phi) is 4.58. The third-order valence-corrected chi connectivity index (χ3v) is 3.37. The SMILES string of the molecule is COC(C)C(C)Nc1ccccc1Cn1cccn1. The minimum absolute atomic E-state index is 0.165. The van der Waals surface area contributed by atoms with E-state index in [4.69, 9.17) is 4.74 Å². The molecule has 2 atom stereocenters. The lowest BCUT2D eigenvalue weighted by molar-refractivity contribution is 0.106. The van der Waals surface area contributed by atoms with Crippen LogP contribution >= 0.6 is 0 Å². The van der Waals surface area contributed by atoms with Gasteiger partial charge < -0.3 is 10.1 Å². The topological polar surface area (TPSA) is 39.1 Å². The molecule has 1 aromatic carbocycles. The second-order valence-electron chi connectivity index (χ2n) is 4.73. The van der Waals surface area contributed by atoms with Crippen molar-refractivity contribution in [3.05, 3.63) is 48.3 Å². The fourth-order valence-corrected chi connectivity index (χ4v) is 1.93. The smallest absolute Gasteiger partial charge is 0.0741 e. The Balaban J connectivity index is 2.12. The van der Waals surface area contributed by atoms with Gasteiger partial charge in [-0.25, -0.2) is 0 Å². The third kappa shape index (κ3) is 3.58. The number of hydrogen-bond donors (Lipinski definition) is 1. The van der Waals surface area contributed by atoms with E-state index in [-0.39, 0.29) is 12.1 Å². The van der Waals surface area contributed by atoms with E-state index in [1.807, 2.05) is 23.0 Å². The summed E-state index contributed by atoms with van der Waals surface area (Å²) in [5.41, 5.74) is 2.36. The molecule has 2 aromatic rings. The van der Waals surface area contributed by atoms with Crippen molar-refractivity contribution in [2.75, 3.05) is 12.4 Å². The number of benzene rings is 1. The highest BCUT2D eigenvalue weighted by Gasteiger charge is 2.12. The van der Waals surface area contributed by atoms with Crippen molar-refractivity contribution in [2.24, 2.45) is 0 Å². The zero-order valence-corrected chi connectivity index (χ0v) is 11.7. The van der Waals surface area contributed by atoms with Crippen LogP contribution in [0.4, 0.5) is 5.69 Å². The standard InChI is InChI=1S/C15H21N3O/c1-12(13(2)19-3)17-15-8-5-4-7-14(15)11-18-10-6-9-16-18/h4-10,12-13,17H,11H2,1-3H3. The first-order valence-electron chi connectivity index (χ1n) is 6.55. The molecule has 1 aromatic heterocycles. The molecule has 0 aliphatic carbocycles. The largest absolute Gasteiger partial charge is 0.380 e. The van der Waals surface area contributed by atoms with E-state index in [0.717, 1.165) is 12.2 Å². The molecule has 0 radical (unpaired) electrons. The molecule has 102 valence electrons. The van der Waals surface area contributed by atoms with Crippen LogP contribution in [0.25, 0.3) is 0 Å². The van der Waals surface area contributed by atoms with Crippen LogP contribution in [0.5, 0.6) is 0 Å². The van der Waals surface area contributed by atoms with Crippen LogP contribution in [0, 0.1) is 0 Å². The number of hydrogen-bond acceptors (Lipinski definition) is 3. The number of anilines is 1. The third-order valence-electron chi connectivity index (χ3n) is 3.37. The van der Waals surface area contributed by atoms with Crippen LogP contribution in [0.15, 0.2) is 42.7 Å². The molecule has 2 unspecified atom stereocenters.